The lowest BCUT2D eigenvalue weighted by atomic mass is 10.1. The molecule has 0 saturated carbocycles. The molecule has 128 valence electrons. The van der Waals surface area contributed by atoms with E-state index in [9.17, 15) is 9.59 Å². The number of methoxy groups -OCH3 is 1. The Morgan fingerprint density at radius 1 is 1.17 bits per heavy atom. The Bertz CT molecular complexity index is 760. The van der Waals surface area contributed by atoms with Crippen LogP contribution in [0.15, 0.2) is 30.3 Å². The summed E-state index contributed by atoms with van der Waals surface area (Å²) in [6.45, 7) is 8.28. The maximum absolute atomic E-state index is 12.6. The molecule has 2 rings (SSSR count). The van der Waals surface area contributed by atoms with Crippen LogP contribution in [0.1, 0.15) is 52.0 Å². The second-order valence-corrected chi connectivity index (χ2v) is 6.06. The molecule has 0 aliphatic heterocycles. The van der Waals surface area contributed by atoms with E-state index in [1.165, 1.54) is 7.11 Å². The first-order chi connectivity index (χ1) is 11.4. The average molecular weight is 328 g/mol. The predicted molar refractivity (Wildman–Crippen MR) is 94.9 cm³/mol. The standard InChI is InChI=1S/C19H24N2O3/c1-12(2)21-13(3)10-16(14(21)4)18(22)11-20-17-9-7-6-8-15(17)19(23)24-5/h6-10,12,20H,11H2,1-5H3. The molecule has 0 bridgehead atoms. The highest BCUT2D eigenvalue weighted by atomic mass is 16.5. The van der Waals surface area contributed by atoms with Crippen LogP contribution in [-0.4, -0.2) is 30.0 Å². The highest BCUT2D eigenvalue weighted by molar-refractivity contribution is 6.01. The van der Waals surface area contributed by atoms with E-state index in [4.69, 9.17) is 4.74 Å². The quantitative estimate of drug-likeness (QED) is 0.648. The van der Waals surface area contributed by atoms with E-state index in [0.717, 1.165) is 11.4 Å². The van der Waals surface area contributed by atoms with Gasteiger partial charge in [-0.15, -0.1) is 0 Å². The predicted octanol–water partition coefficient (Wildman–Crippen LogP) is 3.77. The third-order valence-corrected chi connectivity index (χ3v) is 4.07. The van der Waals surface area contributed by atoms with Crippen molar-refractivity contribution in [2.75, 3.05) is 19.0 Å². The number of nitrogens with one attached hydrogen (secondary N) is 1. The zero-order valence-electron chi connectivity index (χ0n) is 14.8. The number of hydrogen-bond donors (Lipinski definition) is 1. The first kappa shape index (κ1) is 17.8. The fourth-order valence-corrected chi connectivity index (χ4v) is 3.05. The fraction of sp³-hybridized carbons (Fsp3) is 0.368. The number of carbonyl (C=O) groups excluding carboxylic acids is 2. The zero-order chi connectivity index (χ0) is 17.9. The summed E-state index contributed by atoms with van der Waals surface area (Å²) >= 11 is 0. The number of anilines is 1. The van der Waals surface area contributed by atoms with E-state index in [1.807, 2.05) is 26.0 Å². The molecule has 1 aromatic carbocycles. The molecule has 0 aliphatic rings. The zero-order valence-corrected chi connectivity index (χ0v) is 14.8. The van der Waals surface area contributed by atoms with Crippen molar-refractivity contribution in [1.29, 1.82) is 0 Å². The number of benzene rings is 1. The summed E-state index contributed by atoms with van der Waals surface area (Å²) in [5, 5.41) is 3.05. The second kappa shape index (κ2) is 7.34. The van der Waals surface area contributed by atoms with Crippen LogP contribution in [0.25, 0.3) is 0 Å². The summed E-state index contributed by atoms with van der Waals surface area (Å²) in [6, 6.07) is 9.23. The number of aromatic nitrogens is 1. The van der Waals surface area contributed by atoms with Crippen molar-refractivity contribution in [3.05, 3.63) is 52.8 Å². The molecule has 0 unspecified atom stereocenters. The molecule has 1 aromatic heterocycles. The minimum absolute atomic E-state index is 0.00494. The molecule has 2 aromatic rings. The van der Waals surface area contributed by atoms with Crippen molar-refractivity contribution in [2.45, 2.75) is 33.7 Å². The Hall–Kier alpha value is -2.56. The van der Waals surface area contributed by atoms with E-state index < -0.39 is 5.97 Å². The number of esters is 1. The van der Waals surface area contributed by atoms with Crippen LogP contribution in [0.3, 0.4) is 0 Å². The van der Waals surface area contributed by atoms with Crippen molar-refractivity contribution in [3.63, 3.8) is 0 Å². The van der Waals surface area contributed by atoms with Crippen molar-refractivity contribution in [1.82, 2.24) is 4.57 Å². The summed E-state index contributed by atoms with van der Waals surface area (Å²) in [4.78, 5) is 24.4. The van der Waals surface area contributed by atoms with Gasteiger partial charge in [0, 0.05) is 28.7 Å². The number of ketones is 1. The molecule has 5 nitrogen and oxygen atoms in total. The van der Waals surface area contributed by atoms with Crippen molar-refractivity contribution < 1.29 is 14.3 Å². The van der Waals surface area contributed by atoms with Gasteiger partial charge in [-0.1, -0.05) is 12.1 Å². The minimum Gasteiger partial charge on any atom is -0.465 e. The summed E-state index contributed by atoms with van der Waals surface area (Å²) in [7, 11) is 1.34. The van der Waals surface area contributed by atoms with E-state index in [1.54, 1.807) is 18.2 Å². The van der Waals surface area contributed by atoms with Crippen LogP contribution >= 0.6 is 0 Å². The first-order valence-corrected chi connectivity index (χ1v) is 7.99. The van der Waals surface area contributed by atoms with Gasteiger partial charge in [-0.2, -0.15) is 0 Å². The Morgan fingerprint density at radius 2 is 1.83 bits per heavy atom. The van der Waals surface area contributed by atoms with Gasteiger partial charge in [-0.3, -0.25) is 4.79 Å². The molecular weight excluding hydrogens is 304 g/mol. The van der Waals surface area contributed by atoms with Crippen LogP contribution in [0, 0.1) is 13.8 Å². The van der Waals surface area contributed by atoms with Gasteiger partial charge >= 0.3 is 5.97 Å². The monoisotopic (exact) mass is 328 g/mol. The number of ether oxygens (including phenoxy) is 1. The Balaban J connectivity index is 2.18. The van der Waals surface area contributed by atoms with E-state index in [0.29, 0.717) is 22.9 Å². The van der Waals surface area contributed by atoms with Crippen LogP contribution in [0.4, 0.5) is 5.69 Å². The average Bonchev–Trinajstić information content (AvgIpc) is 2.86. The van der Waals surface area contributed by atoms with Crippen LogP contribution in [0.2, 0.25) is 0 Å². The lowest BCUT2D eigenvalue weighted by Crippen LogP contribution is -2.17. The number of aryl methyl sites for hydroxylation is 1. The molecule has 5 heteroatoms. The molecule has 0 saturated heterocycles. The molecule has 0 atom stereocenters. The van der Waals surface area contributed by atoms with Crippen molar-refractivity contribution in [3.8, 4) is 0 Å². The summed E-state index contributed by atoms with van der Waals surface area (Å²) < 4.78 is 6.91. The molecule has 0 spiro atoms. The summed E-state index contributed by atoms with van der Waals surface area (Å²) in [5.41, 5.74) is 3.76. The topological polar surface area (TPSA) is 60.3 Å². The highest BCUT2D eigenvalue weighted by Gasteiger charge is 2.18. The Kier molecular flexibility index (Phi) is 5.44. The van der Waals surface area contributed by atoms with Crippen LogP contribution < -0.4 is 5.32 Å². The van der Waals surface area contributed by atoms with Gasteiger partial charge in [0.15, 0.2) is 5.78 Å². The lowest BCUT2D eigenvalue weighted by molar-refractivity contribution is 0.0601. The molecule has 0 radical (unpaired) electrons. The van der Waals surface area contributed by atoms with Crippen LogP contribution in [0.5, 0.6) is 0 Å². The molecule has 0 amide bonds. The first-order valence-electron chi connectivity index (χ1n) is 7.99. The van der Waals surface area contributed by atoms with Gasteiger partial charge in [-0.05, 0) is 45.9 Å². The van der Waals surface area contributed by atoms with Gasteiger partial charge in [0.05, 0.1) is 19.2 Å². The van der Waals surface area contributed by atoms with Gasteiger partial charge in [0.2, 0.25) is 0 Å². The number of Topliss-reactive ketones (excluding diaryl/α,β-unsaturated/α-hetero) is 1. The fourth-order valence-electron chi connectivity index (χ4n) is 3.05. The smallest absolute Gasteiger partial charge is 0.339 e. The summed E-state index contributed by atoms with van der Waals surface area (Å²) in [6.07, 6.45) is 0. The largest absolute Gasteiger partial charge is 0.465 e. The van der Waals surface area contributed by atoms with Gasteiger partial charge in [0.25, 0.3) is 0 Å². The summed E-state index contributed by atoms with van der Waals surface area (Å²) in [5.74, 6) is -0.432. The number of para-hydroxylation sites is 1. The molecule has 0 fully saturated rings. The van der Waals surface area contributed by atoms with E-state index in [2.05, 4.69) is 23.7 Å². The number of nitrogens with zero attached hydrogens (tertiary/aromatic N) is 1. The van der Waals surface area contributed by atoms with Gasteiger partial charge in [0.1, 0.15) is 0 Å². The Morgan fingerprint density at radius 3 is 2.42 bits per heavy atom. The molecule has 1 heterocycles. The van der Waals surface area contributed by atoms with E-state index in [-0.39, 0.29) is 12.3 Å². The van der Waals surface area contributed by atoms with Crippen LogP contribution in [-0.2, 0) is 4.74 Å². The molecule has 24 heavy (non-hydrogen) atoms. The molecule has 0 aliphatic carbocycles. The highest BCUT2D eigenvalue weighted by Crippen LogP contribution is 2.21. The van der Waals surface area contributed by atoms with E-state index >= 15 is 0 Å². The third kappa shape index (κ3) is 3.50. The minimum atomic E-state index is -0.427. The SMILES string of the molecule is COC(=O)c1ccccc1NCC(=O)c1cc(C)n(C(C)C)c1C. The Labute approximate surface area is 142 Å². The van der Waals surface area contributed by atoms with Gasteiger partial charge < -0.3 is 14.6 Å². The third-order valence-electron chi connectivity index (χ3n) is 4.07. The van der Waals surface area contributed by atoms with Crippen molar-refractivity contribution in [2.24, 2.45) is 0 Å². The number of rotatable bonds is 6. The van der Waals surface area contributed by atoms with Crippen molar-refractivity contribution >= 4 is 17.4 Å². The molecule has 1 N–H and O–H groups in total. The molecular formula is C19H24N2O3. The maximum atomic E-state index is 12.6. The maximum Gasteiger partial charge on any atom is 0.339 e. The number of carbonyl (C=O) groups is 2. The lowest BCUT2D eigenvalue weighted by Gasteiger charge is -2.14. The second-order valence-electron chi connectivity index (χ2n) is 6.06. The normalized spacial score (nSPS) is 10.8. The van der Waals surface area contributed by atoms with Gasteiger partial charge in [-0.25, -0.2) is 4.79 Å². The number of hydrogen-bond acceptors (Lipinski definition) is 4.